The van der Waals surface area contributed by atoms with Crippen LogP contribution in [0.3, 0.4) is 0 Å². The first kappa shape index (κ1) is 36.5. The zero-order valence-electron chi connectivity index (χ0n) is 28.4. The predicted octanol–water partition coefficient (Wildman–Crippen LogP) is 5.71. The maximum absolute atomic E-state index is 13.6. The van der Waals surface area contributed by atoms with E-state index in [0.717, 1.165) is 27.1 Å². The number of epoxide rings is 1. The van der Waals surface area contributed by atoms with Crippen LogP contribution in [0.5, 0.6) is 0 Å². The minimum absolute atomic E-state index is 0.00933. The second-order valence-electron chi connectivity index (χ2n) is 13.6. The van der Waals surface area contributed by atoms with Gasteiger partial charge in [0.05, 0.1) is 42.1 Å². The van der Waals surface area contributed by atoms with Gasteiger partial charge in [-0.25, -0.2) is 4.79 Å². The Morgan fingerprint density at radius 2 is 1.52 bits per heavy atom. The Kier molecular flexibility index (Phi) is 11.6. The summed E-state index contributed by atoms with van der Waals surface area (Å²) in [5.74, 6) is -3.74. The molecule has 4 unspecified atom stereocenters. The van der Waals surface area contributed by atoms with Gasteiger partial charge in [-0.05, 0) is 81.0 Å². The summed E-state index contributed by atoms with van der Waals surface area (Å²) in [6, 6.07) is 17.8. The van der Waals surface area contributed by atoms with Gasteiger partial charge >= 0.3 is 23.9 Å². The standard InChI is InChI=1S/C37H45NO10/c1-7-36(4,33(42)44-6)22-37(5,34(43)46-21-27-20-45-27)18-26(31(40)47-23-39)17-35(2,3)32(41)48-38-19-30-28-14-10-8-12-24(28)16-25-13-9-11-15-29(25)30/h8-16,19,26-27,39H,7,17-18,20-23H2,1-6H3. The van der Waals surface area contributed by atoms with Crippen LogP contribution in [-0.2, 0) is 43.0 Å². The molecule has 0 radical (unpaired) electrons. The Morgan fingerprint density at radius 3 is 2.06 bits per heavy atom. The van der Waals surface area contributed by atoms with E-state index < -0.39 is 52.8 Å². The average Bonchev–Trinajstić information content (AvgIpc) is 3.90. The summed E-state index contributed by atoms with van der Waals surface area (Å²) in [5, 5.41) is 17.4. The molecule has 48 heavy (non-hydrogen) atoms. The molecule has 1 aliphatic rings. The third kappa shape index (κ3) is 8.56. The molecule has 0 spiro atoms. The lowest BCUT2D eigenvalue weighted by atomic mass is 9.66. The zero-order chi connectivity index (χ0) is 35.1. The number of nitrogens with zero attached hydrogens (tertiary/aromatic N) is 1. The van der Waals surface area contributed by atoms with Crippen molar-refractivity contribution in [1.82, 2.24) is 0 Å². The van der Waals surface area contributed by atoms with Crippen molar-refractivity contribution < 1.29 is 48.1 Å². The van der Waals surface area contributed by atoms with E-state index in [2.05, 4.69) is 11.2 Å². The first-order valence-corrected chi connectivity index (χ1v) is 16.1. The van der Waals surface area contributed by atoms with Gasteiger partial charge in [0.1, 0.15) is 12.7 Å². The molecule has 1 aliphatic heterocycles. The van der Waals surface area contributed by atoms with Gasteiger partial charge in [-0.2, -0.15) is 0 Å². The molecule has 0 amide bonds. The van der Waals surface area contributed by atoms with Crippen LogP contribution in [-0.4, -0.2) is 68.4 Å². The third-order valence-electron chi connectivity index (χ3n) is 9.21. The van der Waals surface area contributed by atoms with Crippen molar-refractivity contribution in [3.63, 3.8) is 0 Å². The largest absolute Gasteiger partial charge is 0.469 e. The second kappa shape index (κ2) is 15.3. The summed E-state index contributed by atoms with van der Waals surface area (Å²) in [5.41, 5.74) is -2.98. The number of rotatable bonds is 16. The predicted molar refractivity (Wildman–Crippen MR) is 179 cm³/mol. The van der Waals surface area contributed by atoms with Gasteiger partial charge in [0.25, 0.3) is 0 Å². The summed E-state index contributed by atoms with van der Waals surface area (Å²) in [7, 11) is 1.27. The van der Waals surface area contributed by atoms with Crippen LogP contribution in [0, 0.1) is 22.2 Å². The fourth-order valence-electron chi connectivity index (χ4n) is 6.29. The Hall–Kier alpha value is -4.35. The van der Waals surface area contributed by atoms with Gasteiger partial charge < -0.3 is 28.9 Å². The van der Waals surface area contributed by atoms with E-state index >= 15 is 0 Å². The fraction of sp³-hybridized carbons (Fsp3) is 0.486. The highest BCUT2D eigenvalue weighted by atomic mass is 16.7. The molecule has 4 atom stereocenters. The highest BCUT2D eigenvalue weighted by Gasteiger charge is 2.49. The molecule has 0 bridgehead atoms. The van der Waals surface area contributed by atoms with Crippen molar-refractivity contribution in [3.05, 3.63) is 60.2 Å². The molecular formula is C37H45NO10. The number of ether oxygens (including phenoxy) is 4. The van der Waals surface area contributed by atoms with Gasteiger partial charge in [0.2, 0.25) is 0 Å². The molecule has 4 rings (SSSR count). The van der Waals surface area contributed by atoms with Crippen LogP contribution in [0.25, 0.3) is 21.5 Å². The smallest absolute Gasteiger partial charge is 0.340 e. The van der Waals surface area contributed by atoms with Gasteiger partial charge in [-0.3, -0.25) is 14.4 Å². The normalized spacial score (nSPS) is 17.7. The van der Waals surface area contributed by atoms with E-state index in [0.29, 0.717) is 13.0 Å². The molecule has 11 nitrogen and oxygen atoms in total. The van der Waals surface area contributed by atoms with Gasteiger partial charge in [-0.1, -0.05) is 60.6 Å². The Bertz CT molecular complexity index is 1630. The number of methoxy groups -OCH3 is 1. The minimum Gasteiger partial charge on any atom is -0.469 e. The van der Waals surface area contributed by atoms with Crippen molar-refractivity contribution >= 4 is 51.6 Å². The van der Waals surface area contributed by atoms with Crippen LogP contribution < -0.4 is 0 Å². The van der Waals surface area contributed by atoms with Crippen LogP contribution in [0.4, 0.5) is 0 Å². The van der Waals surface area contributed by atoms with Gasteiger partial charge in [0, 0.05) is 5.56 Å². The van der Waals surface area contributed by atoms with E-state index in [1.165, 1.54) is 13.3 Å². The van der Waals surface area contributed by atoms with Gasteiger partial charge in [-0.15, -0.1) is 0 Å². The van der Waals surface area contributed by atoms with Crippen molar-refractivity contribution in [3.8, 4) is 0 Å². The van der Waals surface area contributed by atoms with Crippen LogP contribution in [0.1, 0.15) is 65.9 Å². The molecule has 3 aromatic carbocycles. The zero-order valence-corrected chi connectivity index (χ0v) is 28.4. The molecular weight excluding hydrogens is 618 g/mol. The topological polar surface area (TPSA) is 150 Å². The quantitative estimate of drug-likeness (QED) is 0.0295. The number of aliphatic hydroxyl groups is 1. The molecule has 3 aromatic rings. The molecule has 0 aromatic heterocycles. The minimum atomic E-state index is -1.39. The number of fused-ring (bicyclic) bond motifs is 2. The summed E-state index contributed by atoms with van der Waals surface area (Å²) in [6.07, 6.45) is 1.38. The number of benzene rings is 3. The fourth-order valence-corrected chi connectivity index (χ4v) is 6.29. The first-order valence-electron chi connectivity index (χ1n) is 16.1. The number of carbonyl (C=O) groups excluding carboxylic acids is 4. The number of oxime groups is 1. The lowest BCUT2D eigenvalue weighted by molar-refractivity contribution is -0.168. The number of esters is 3. The van der Waals surface area contributed by atoms with Crippen LogP contribution in [0.15, 0.2) is 59.8 Å². The van der Waals surface area contributed by atoms with Gasteiger partial charge in [0.15, 0.2) is 6.79 Å². The Balaban J connectivity index is 1.58. The molecule has 0 aliphatic carbocycles. The highest BCUT2D eigenvalue weighted by Crippen LogP contribution is 2.45. The van der Waals surface area contributed by atoms with E-state index in [1.807, 2.05) is 48.5 Å². The molecule has 11 heteroatoms. The van der Waals surface area contributed by atoms with Crippen molar-refractivity contribution in [2.24, 2.45) is 27.3 Å². The number of aliphatic hydroxyl groups excluding tert-OH is 1. The SMILES string of the molecule is CCC(C)(CC(C)(CC(CC(C)(C)C(=O)ON=Cc1c2ccccc2cc2ccccc12)C(=O)OCO)C(=O)OCC1CO1)C(=O)OC. The van der Waals surface area contributed by atoms with Crippen molar-refractivity contribution in [1.29, 1.82) is 0 Å². The number of hydrogen-bond donors (Lipinski definition) is 1. The van der Waals surface area contributed by atoms with E-state index in [4.69, 9.17) is 23.8 Å². The van der Waals surface area contributed by atoms with E-state index in [1.54, 1.807) is 34.6 Å². The number of carbonyl (C=O) groups is 4. The second-order valence-corrected chi connectivity index (χ2v) is 13.6. The number of hydrogen-bond acceptors (Lipinski definition) is 11. The molecule has 1 heterocycles. The monoisotopic (exact) mass is 663 g/mol. The molecule has 0 saturated carbocycles. The highest BCUT2D eigenvalue weighted by molar-refractivity contribution is 6.13. The molecule has 1 fully saturated rings. The summed E-state index contributed by atoms with van der Waals surface area (Å²) in [4.78, 5) is 58.6. The van der Waals surface area contributed by atoms with E-state index in [9.17, 15) is 24.3 Å². The Labute approximate surface area is 280 Å². The Morgan fingerprint density at radius 1 is 0.917 bits per heavy atom. The lowest BCUT2D eigenvalue weighted by Gasteiger charge is -2.38. The van der Waals surface area contributed by atoms with E-state index in [-0.39, 0.29) is 32.0 Å². The third-order valence-corrected chi connectivity index (χ3v) is 9.21. The van der Waals surface area contributed by atoms with Crippen molar-refractivity contribution in [2.75, 3.05) is 27.1 Å². The molecule has 1 N–H and O–H groups in total. The molecule has 258 valence electrons. The maximum Gasteiger partial charge on any atom is 0.340 e. The first-order chi connectivity index (χ1) is 22.8. The van der Waals surface area contributed by atoms with Crippen LogP contribution in [0.2, 0.25) is 0 Å². The average molecular weight is 664 g/mol. The summed E-state index contributed by atoms with van der Waals surface area (Å²) >= 11 is 0. The lowest BCUT2D eigenvalue weighted by Crippen LogP contribution is -2.43. The maximum atomic E-state index is 13.6. The van der Waals surface area contributed by atoms with Crippen molar-refractivity contribution in [2.45, 2.75) is 66.4 Å². The van der Waals surface area contributed by atoms with Crippen LogP contribution >= 0.6 is 0 Å². The molecule has 1 saturated heterocycles. The summed E-state index contributed by atoms with van der Waals surface area (Å²) in [6.45, 7) is 7.92. The summed E-state index contributed by atoms with van der Waals surface area (Å²) < 4.78 is 20.8.